The molecule has 1 aliphatic rings. The average Bonchev–Trinajstić information content (AvgIpc) is 3.38. The number of aryl methyl sites for hydroxylation is 3. The number of esters is 1. The third-order valence-electron chi connectivity index (χ3n) is 7.26. The van der Waals surface area contributed by atoms with E-state index in [1.54, 1.807) is 38.1 Å². The van der Waals surface area contributed by atoms with Crippen LogP contribution in [0.15, 0.2) is 24.3 Å². The van der Waals surface area contributed by atoms with Crippen LogP contribution in [0.25, 0.3) is 10.9 Å². The summed E-state index contributed by atoms with van der Waals surface area (Å²) in [5.74, 6) is -2.75. The number of aromatic nitrogens is 2. The Bertz CT molecular complexity index is 1560. The van der Waals surface area contributed by atoms with Gasteiger partial charge < -0.3 is 30.4 Å². The lowest BCUT2D eigenvalue weighted by atomic mass is 9.90. The first-order valence-electron chi connectivity index (χ1n) is 13.8. The van der Waals surface area contributed by atoms with Gasteiger partial charge in [-0.2, -0.15) is 0 Å². The molecule has 13 heteroatoms. The molecule has 1 aliphatic heterocycles. The molecule has 0 bridgehead atoms. The summed E-state index contributed by atoms with van der Waals surface area (Å²) in [4.78, 5) is 71.3. The number of nitrogens with zero attached hydrogens (tertiary/aromatic N) is 1. The summed E-state index contributed by atoms with van der Waals surface area (Å²) >= 11 is 6.10. The van der Waals surface area contributed by atoms with Crippen molar-refractivity contribution < 1.29 is 33.4 Å². The third kappa shape index (κ3) is 7.69. The molecule has 0 aliphatic carbocycles. The third-order valence-corrected chi connectivity index (χ3v) is 7.48. The van der Waals surface area contributed by atoms with E-state index in [1.165, 1.54) is 7.11 Å². The fourth-order valence-electron chi connectivity index (χ4n) is 5.22. The maximum absolute atomic E-state index is 13.2. The highest BCUT2D eigenvalue weighted by Crippen LogP contribution is 2.30. The number of hydrogen-bond acceptors (Lipinski definition) is 8. The van der Waals surface area contributed by atoms with Gasteiger partial charge in [-0.3, -0.25) is 24.2 Å². The Labute approximate surface area is 253 Å². The molecule has 228 valence electrons. The van der Waals surface area contributed by atoms with Gasteiger partial charge >= 0.3 is 5.97 Å². The zero-order valence-electron chi connectivity index (χ0n) is 24.4. The average molecular weight is 612 g/mol. The van der Waals surface area contributed by atoms with Crippen molar-refractivity contribution in [1.29, 1.82) is 0 Å². The first kappa shape index (κ1) is 31.5. The van der Waals surface area contributed by atoms with Crippen LogP contribution in [0.4, 0.5) is 0 Å². The van der Waals surface area contributed by atoms with Crippen LogP contribution in [0.5, 0.6) is 5.75 Å². The second-order valence-corrected chi connectivity index (χ2v) is 10.9. The van der Waals surface area contributed by atoms with E-state index in [9.17, 15) is 24.0 Å². The Kier molecular flexibility index (Phi) is 10.0. The molecule has 4 rings (SSSR count). The molecule has 43 heavy (non-hydrogen) atoms. The first-order valence-corrected chi connectivity index (χ1v) is 14.2. The van der Waals surface area contributed by atoms with E-state index < -0.39 is 48.7 Å². The van der Waals surface area contributed by atoms with E-state index in [1.807, 2.05) is 6.92 Å². The van der Waals surface area contributed by atoms with E-state index in [-0.39, 0.29) is 23.6 Å². The van der Waals surface area contributed by atoms with E-state index in [0.717, 1.165) is 12.1 Å². The van der Waals surface area contributed by atoms with Gasteiger partial charge in [0, 0.05) is 28.6 Å². The molecule has 1 unspecified atom stereocenters. The molecule has 12 nitrogen and oxygen atoms in total. The van der Waals surface area contributed by atoms with Gasteiger partial charge in [-0.05, 0) is 69.9 Å². The number of benzene rings is 1. The van der Waals surface area contributed by atoms with Gasteiger partial charge in [0.05, 0.1) is 36.5 Å². The van der Waals surface area contributed by atoms with Crippen molar-refractivity contribution in [1.82, 2.24) is 25.9 Å². The SMILES string of the molecule is COc1cc(Cl)cc2[nH]c(C(=O)NCC(=O)NC(C[C@@H]3CCCNC3=O)C(=O)COC(=O)c3c(C)cc(C)nc3C)cc12. The largest absolute Gasteiger partial charge is 0.496 e. The minimum Gasteiger partial charge on any atom is -0.496 e. The second-order valence-electron chi connectivity index (χ2n) is 10.5. The molecule has 0 spiro atoms. The maximum Gasteiger partial charge on any atom is 0.340 e. The summed E-state index contributed by atoms with van der Waals surface area (Å²) in [6, 6.07) is 5.46. The quantitative estimate of drug-likeness (QED) is 0.240. The van der Waals surface area contributed by atoms with Gasteiger partial charge in [0.15, 0.2) is 12.4 Å². The Morgan fingerprint density at radius 1 is 1.14 bits per heavy atom. The van der Waals surface area contributed by atoms with Crippen molar-refractivity contribution in [2.75, 3.05) is 26.8 Å². The minimum absolute atomic E-state index is 0.0224. The fourth-order valence-corrected chi connectivity index (χ4v) is 5.43. The van der Waals surface area contributed by atoms with Crippen LogP contribution in [0, 0.1) is 26.7 Å². The molecular formula is C30H34ClN5O7. The lowest BCUT2D eigenvalue weighted by molar-refractivity contribution is -0.132. The highest BCUT2D eigenvalue weighted by Gasteiger charge is 2.31. The lowest BCUT2D eigenvalue weighted by Gasteiger charge is -2.26. The summed E-state index contributed by atoms with van der Waals surface area (Å²) in [7, 11) is 1.49. The predicted octanol–water partition coefficient (Wildman–Crippen LogP) is 2.71. The number of ketones is 1. The highest BCUT2D eigenvalue weighted by molar-refractivity contribution is 6.31. The number of pyridine rings is 1. The number of rotatable bonds is 11. The summed E-state index contributed by atoms with van der Waals surface area (Å²) in [6.07, 6.45) is 1.30. The van der Waals surface area contributed by atoms with Crippen LogP contribution in [-0.4, -0.2) is 72.3 Å². The number of amides is 3. The number of hydrogen-bond donors (Lipinski definition) is 4. The van der Waals surface area contributed by atoms with Gasteiger partial charge in [-0.1, -0.05) is 11.6 Å². The Hall–Kier alpha value is -4.45. The number of piperidine rings is 1. The number of fused-ring (bicyclic) bond motifs is 1. The predicted molar refractivity (Wildman–Crippen MR) is 158 cm³/mol. The van der Waals surface area contributed by atoms with E-state index >= 15 is 0 Å². The number of nitrogens with one attached hydrogen (secondary N) is 4. The number of ether oxygens (including phenoxy) is 2. The molecule has 1 aromatic carbocycles. The van der Waals surface area contributed by atoms with Crippen molar-refractivity contribution in [3.05, 3.63) is 57.5 Å². The molecular weight excluding hydrogens is 578 g/mol. The van der Waals surface area contributed by atoms with Crippen LogP contribution >= 0.6 is 11.6 Å². The topological polar surface area (TPSA) is 169 Å². The van der Waals surface area contributed by atoms with Crippen molar-refractivity contribution in [2.45, 2.75) is 46.1 Å². The molecule has 1 fully saturated rings. The van der Waals surface area contributed by atoms with E-state index in [2.05, 4.69) is 25.9 Å². The molecule has 0 saturated carbocycles. The molecule has 3 heterocycles. The number of H-pyrrole nitrogens is 1. The summed E-state index contributed by atoms with van der Waals surface area (Å²) < 4.78 is 10.6. The minimum atomic E-state index is -1.12. The Balaban J connectivity index is 1.41. The highest BCUT2D eigenvalue weighted by atomic mass is 35.5. The van der Waals surface area contributed by atoms with Gasteiger partial charge in [-0.15, -0.1) is 0 Å². The smallest absolute Gasteiger partial charge is 0.340 e. The molecule has 3 aromatic rings. The number of halogens is 1. The Morgan fingerprint density at radius 2 is 1.91 bits per heavy atom. The van der Waals surface area contributed by atoms with E-state index in [0.29, 0.717) is 45.9 Å². The van der Waals surface area contributed by atoms with Crippen molar-refractivity contribution in [3.63, 3.8) is 0 Å². The number of Topliss-reactive ketones (excluding diaryl/α,β-unsaturated/α-hetero) is 1. The number of methoxy groups -OCH3 is 1. The second kappa shape index (κ2) is 13.7. The van der Waals surface area contributed by atoms with E-state index in [4.69, 9.17) is 21.1 Å². The molecule has 0 radical (unpaired) electrons. The molecule has 2 aromatic heterocycles. The Morgan fingerprint density at radius 3 is 2.60 bits per heavy atom. The zero-order valence-corrected chi connectivity index (χ0v) is 25.1. The molecule has 3 amide bonds. The van der Waals surface area contributed by atoms with Crippen molar-refractivity contribution in [2.24, 2.45) is 5.92 Å². The number of carbonyl (C=O) groups excluding carboxylic acids is 5. The van der Waals surface area contributed by atoms with Crippen molar-refractivity contribution >= 4 is 52.0 Å². The van der Waals surface area contributed by atoms with Crippen LogP contribution in [0.2, 0.25) is 5.02 Å². The standard InChI is InChI=1S/C30H34ClN5O7/c1-15-8-16(2)34-17(3)27(15)30(41)43-14-24(37)22(9-18-6-5-7-32-28(18)39)36-26(38)13-33-29(40)23-12-20-21(35-23)10-19(31)11-25(20)42-4/h8,10-12,18,22,35H,5-7,9,13-14H2,1-4H3,(H,32,39)(H,33,40)(H,36,38)/t18-,22?/m0/s1. The number of carbonyl (C=O) groups is 5. The molecule has 2 atom stereocenters. The molecule has 1 saturated heterocycles. The van der Waals surface area contributed by atoms with Gasteiger partial charge in [0.2, 0.25) is 11.8 Å². The van der Waals surface area contributed by atoms with Crippen LogP contribution in [-0.2, 0) is 19.1 Å². The molecule has 4 N–H and O–H groups in total. The summed E-state index contributed by atoms with van der Waals surface area (Å²) in [5.41, 5.74) is 2.92. The zero-order chi connectivity index (χ0) is 31.3. The summed E-state index contributed by atoms with van der Waals surface area (Å²) in [5, 5.41) is 8.95. The number of aromatic amines is 1. The first-order chi connectivity index (χ1) is 20.5. The lowest BCUT2D eigenvalue weighted by Crippen LogP contribution is -2.49. The monoisotopic (exact) mass is 611 g/mol. The fraction of sp³-hybridized carbons (Fsp3) is 0.400. The van der Waals surface area contributed by atoms with Gasteiger partial charge in [0.25, 0.3) is 5.91 Å². The van der Waals surface area contributed by atoms with Crippen LogP contribution in [0.3, 0.4) is 0 Å². The van der Waals surface area contributed by atoms with Crippen LogP contribution < -0.4 is 20.7 Å². The van der Waals surface area contributed by atoms with Crippen molar-refractivity contribution in [3.8, 4) is 5.75 Å². The van der Waals surface area contributed by atoms with Gasteiger partial charge in [-0.25, -0.2) is 4.79 Å². The normalized spacial score (nSPS) is 15.4. The van der Waals surface area contributed by atoms with Gasteiger partial charge in [0.1, 0.15) is 11.4 Å². The van der Waals surface area contributed by atoms with Crippen LogP contribution in [0.1, 0.15) is 57.1 Å². The summed E-state index contributed by atoms with van der Waals surface area (Å²) in [6.45, 7) is 4.72. The maximum atomic E-state index is 13.2.